The van der Waals surface area contributed by atoms with Crippen LogP contribution in [0.2, 0.25) is 0 Å². The van der Waals surface area contributed by atoms with Gasteiger partial charge in [-0.05, 0) is 67.4 Å². The van der Waals surface area contributed by atoms with Gasteiger partial charge in [0.15, 0.2) is 5.11 Å². The number of methoxy groups -OCH3 is 1. The van der Waals surface area contributed by atoms with Crippen LogP contribution >= 0.6 is 12.2 Å². The SMILES string of the molecule is COc1ccccc1C(=O)NC(=S)Nc1ccc(C(=O)N2CCC(C)CC2)cc1. The molecule has 2 N–H and O–H groups in total. The van der Waals surface area contributed by atoms with E-state index < -0.39 is 0 Å². The molecule has 152 valence electrons. The molecule has 2 aromatic carbocycles. The van der Waals surface area contributed by atoms with Crippen LogP contribution in [-0.4, -0.2) is 42.0 Å². The summed E-state index contributed by atoms with van der Waals surface area (Å²) >= 11 is 5.23. The Morgan fingerprint density at radius 2 is 1.72 bits per heavy atom. The summed E-state index contributed by atoms with van der Waals surface area (Å²) in [6.07, 6.45) is 2.09. The molecule has 1 saturated heterocycles. The maximum Gasteiger partial charge on any atom is 0.261 e. The first-order valence-electron chi connectivity index (χ1n) is 9.62. The molecule has 0 bridgehead atoms. The van der Waals surface area contributed by atoms with Gasteiger partial charge in [0.25, 0.3) is 11.8 Å². The van der Waals surface area contributed by atoms with Crippen LogP contribution in [0.15, 0.2) is 48.5 Å². The van der Waals surface area contributed by atoms with Crippen molar-refractivity contribution in [3.8, 4) is 5.75 Å². The van der Waals surface area contributed by atoms with E-state index in [1.807, 2.05) is 4.90 Å². The number of likely N-dealkylation sites (tertiary alicyclic amines) is 1. The number of thiocarbonyl (C=S) groups is 1. The van der Waals surface area contributed by atoms with Crippen molar-refractivity contribution in [2.24, 2.45) is 5.92 Å². The quantitative estimate of drug-likeness (QED) is 0.751. The summed E-state index contributed by atoms with van der Waals surface area (Å²) in [5.74, 6) is 0.849. The summed E-state index contributed by atoms with van der Waals surface area (Å²) in [4.78, 5) is 26.9. The van der Waals surface area contributed by atoms with Crippen molar-refractivity contribution in [1.82, 2.24) is 10.2 Å². The molecule has 0 radical (unpaired) electrons. The van der Waals surface area contributed by atoms with E-state index in [-0.39, 0.29) is 16.9 Å². The van der Waals surface area contributed by atoms with Gasteiger partial charge in [-0.1, -0.05) is 19.1 Å². The molecule has 7 heteroatoms. The molecule has 0 atom stereocenters. The molecule has 0 spiro atoms. The third-order valence-corrected chi connectivity index (χ3v) is 5.24. The molecule has 29 heavy (non-hydrogen) atoms. The van der Waals surface area contributed by atoms with Crippen molar-refractivity contribution in [3.63, 3.8) is 0 Å². The Labute approximate surface area is 176 Å². The highest BCUT2D eigenvalue weighted by Crippen LogP contribution is 2.19. The fraction of sp³-hybridized carbons (Fsp3) is 0.318. The van der Waals surface area contributed by atoms with E-state index in [4.69, 9.17) is 17.0 Å². The number of benzene rings is 2. The van der Waals surface area contributed by atoms with Crippen LogP contribution in [0.3, 0.4) is 0 Å². The van der Waals surface area contributed by atoms with Gasteiger partial charge in [0.05, 0.1) is 12.7 Å². The van der Waals surface area contributed by atoms with Gasteiger partial charge in [-0.15, -0.1) is 0 Å². The summed E-state index contributed by atoms with van der Waals surface area (Å²) in [7, 11) is 1.51. The molecule has 1 fully saturated rings. The standard InChI is InChI=1S/C22H25N3O3S/c1-15-11-13-25(14-12-15)21(27)16-7-9-17(10-8-16)23-22(29)24-20(26)18-5-3-4-6-19(18)28-2/h3-10,15H,11-14H2,1-2H3,(H2,23,24,26,29). The fourth-order valence-electron chi connectivity index (χ4n) is 3.26. The number of hydrogen-bond acceptors (Lipinski definition) is 4. The van der Waals surface area contributed by atoms with Crippen molar-refractivity contribution in [3.05, 3.63) is 59.7 Å². The van der Waals surface area contributed by atoms with Crippen molar-refractivity contribution in [2.45, 2.75) is 19.8 Å². The van der Waals surface area contributed by atoms with Gasteiger partial charge < -0.3 is 15.0 Å². The van der Waals surface area contributed by atoms with E-state index in [9.17, 15) is 9.59 Å². The lowest BCUT2D eigenvalue weighted by molar-refractivity contribution is 0.0697. The topological polar surface area (TPSA) is 70.7 Å². The second kappa shape index (κ2) is 9.52. The molecule has 0 unspecified atom stereocenters. The van der Waals surface area contributed by atoms with Crippen LogP contribution in [0.5, 0.6) is 5.75 Å². The summed E-state index contributed by atoms with van der Waals surface area (Å²) in [6.45, 7) is 3.83. The third kappa shape index (κ3) is 5.32. The number of amides is 2. The Bertz CT molecular complexity index is 890. The average Bonchev–Trinajstić information content (AvgIpc) is 2.74. The Morgan fingerprint density at radius 3 is 2.38 bits per heavy atom. The summed E-state index contributed by atoms with van der Waals surface area (Å²) in [5.41, 5.74) is 1.74. The normalized spacial score (nSPS) is 14.2. The van der Waals surface area contributed by atoms with Gasteiger partial charge in [-0.3, -0.25) is 14.9 Å². The Hall–Kier alpha value is -2.93. The number of carbonyl (C=O) groups is 2. The van der Waals surface area contributed by atoms with Crippen molar-refractivity contribution < 1.29 is 14.3 Å². The van der Waals surface area contributed by atoms with E-state index in [0.29, 0.717) is 28.5 Å². The van der Waals surface area contributed by atoms with E-state index in [2.05, 4.69) is 17.6 Å². The van der Waals surface area contributed by atoms with E-state index in [0.717, 1.165) is 25.9 Å². The molecule has 3 rings (SSSR count). The molecular weight excluding hydrogens is 386 g/mol. The fourth-order valence-corrected chi connectivity index (χ4v) is 3.47. The maximum absolute atomic E-state index is 12.6. The van der Waals surface area contributed by atoms with Gasteiger partial charge in [-0.25, -0.2) is 0 Å². The number of rotatable bonds is 4. The largest absolute Gasteiger partial charge is 0.496 e. The molecule has 6 nitrogen and oxygen atoms in total. The number of nitrogens with one attached hydrogen (secondary N) is 2. The molecular formula is C22H25N3O3S. The Kier molecular flexibility index (Phi) is 6.82. The summed E-state index contributed by atoms with van der Waals surface area (Å²) < 4.78 is 5.20. The predicted octanol–water partition coefficient (Wildman–Crippen LogP) is 3.69. The number of carbonyl (C=O) groups excluding carboxylic acids is 2. The number of nitrogens with zero attached hydrogens (tertiary/aromatic N) is 1. The second-order valence-electron chi connectivity index (χ2n) is 7.16. The molecule has 1 aliphatic rings. The van der Waals surface area contributed by atoms with E-state index >= 15 is 0 Å². The lowest BCUT2D eigenvalue weighted by atomic mass is 9.98. The predicted molar refractivity (Wildman–Crippen MR) is 117 cm³/mol. The Morgan fingerprint density at radius 1 is 1.07 bits per heavy atom. The van der Waals surface area contributed by atoms with Gasteiger partial charge in [-0.2, -0.15) is 0 Å². The minimum atomic E-state index is -0.355. The molecule has 0 aliphatic carbocycles. The molecule has 1 heterocycles. The third-order valence-electron chi connectivity index (χ3n) is 5.04. The molecule has 0 saturated carbocycles. The van der Waals surface area contributed by atoms with Crippen LogP contribution in [0.1, 0.15) is 40.5 Å². The molecule has 2 aromatic rings. The lowest BCUT2D eigenvalue weighted by Crippen LogP contribution is -2.37. The van der Waals surface area contributed by atoms with Crippen LogP contribution in [0.4, 0.5) is 5.69 Å². The van der Waals surface area contributed by atoms with Gasteiger partial charge in [0.2, 0.25) is 0 Å². The second-order valence-corrected chi connectivity index (χ2v) is 7.57. The Balaban J connectivity index is 1.57. The zero-order chi connectivity index (χ0) is 20.8. The first-order chi connectivity index (χ1) is 14.0. The number of piperidine rings is 1. The zero-order valence-electron chi connectivity index (χ0n) is 16.6. The molecule has 0 aromatic heterocycles. The van der Waals surface area contributed by atoms with Crippen molar-refractivity contribution in [1.29, 1.82) is 0 Å². The van der Waals surface area contributed by atoms with Crippen molar-refractivity contribution in [2.75, 3.05) is 25.5 Å². The number of ether oxygens (including phenoxy) is 1. The average molecular weight is 412 g/mol. The monoisotopic (exact) mass is 411 g/mol. The van der Waals surface area contributed by atoms with Crippen LogP contribution in [-0.2, 0) is 0 Å². The highest BCUT2D eigenvalue weighted by atomic mass is 32.1. The lowest BCUT2D eigenvalue weighted by Gasteiger charge is -2.30. The van der Waals surface area contributed by atoms with Crippen LogP contribution < -0.4 is 15.4 Å². The first kappa shape index (κ1) is 20.8. The van der Waals surface area contributed by atoms with Crippen LogP contribution in [0, 0.1) is 5.92 Å². The van der Waals surface area contributed by atoms with Crippen molar-refractivity contribution >= 4 is 34.8 Å². The van der Waals surface area contributed by atoms with Gasteiger partial charge >= 0.3 is 0 Å². The molecule has 1 aliphatic heterocycles. The first-order valence-corrected chi connectivity index (χ1v) is 10.0. The summed E-state index contributed by atoms with van der Waals surface area (Å²) in [5, 5.41) is 5.78. The highest BCUT2D eigenvalue weighted by molar-refractivity contribution is 7.80. The highest BCUT2D eigenvalue weighted by Gasteiger charge is 2.21. The zero-order valence-corrected chi connectivity index (χ0v) is 17.4. The van der Waals surface area contributed by atoms with Gasteiger partial charge in [0, 0.05) is 24.3 Å². The minimum absolute atomic E-state index is 0.0514. The number of anilines is 1. The molecule has 2 amide bonds. The maximum atomic E-state index is 12.6. The van der Waals surface area contributed by atoms with E-state index in [1.54, 1.807) is 48.5 Å². The van der Waals surface area contributed by atoms with Gasteiger partial charge in [0.1, 0.15) is 5.75 Å². The number of hydrogen-bond donors (Lipinski definition) is 2. The van der Waals surface area contributed by atoms with Crippen LogP contribution in [0.25, 0.3) is 0 Å². The summed E-state index contributed by atoms with van der Waals surface area (Å²) in [6, 6.07) is 14.0. The smallest absolute Gasteiger partial charge is 0.261 e. The van der Waals surface area contributed by atoms with E-state index in [1.165, 1.54) is 7.11 Å². The number of para-hydroxylation sites is 1. The minimum Gasteiger partial charge on any atom is -0.496 e.